The molecule has 1 fully saturated rings. The maximum absolute atomic E-state index is 12.9. The highest BCUT2D eigenvalue weighted by atomic mass is 32.2. The lowest BCUT2D eigenvalue weighted by atomic mass is 10.2. The fourth-order valence-electron chi connectivity index (χ4n) is 3.00. The molecule has 1 aliphatic heterocycles. The average molecular weight is 393 g/mol. The Morgan fingerprint density at radius 2 is 1.81 bits per heavy atom. The van der Waals surface area contributed by atoms with Crippen LogP contribution in [0.25, 0.3) is 0 Å². The van der Waals surface area contributed by atoms with Crippen molar-refractivity contribution in [2.75, 3.05) is 36.4 Å². The smallest absolute Gasteiger partial charge is 0.215 e. The van der Waals surface area contributed by atoms with Gasteiger partial charge in [-0.3, -0.25) is 0 Å². The van der Waals surface area contributed by atoms with Crippen LogP contribution in [0.1, 0.15) is 24.2 Å². The molecule has 1 aromatic carbocycles. The Bertz CT molecular complexity index is 868. The molecule has 3 rings (SSSR count). The largest absolute Gasteiger partial charge is 0.369 e. The molecule has 1 saturated heterocycles. The van der Waals surface area contributed by atoms with Crippen molar-refractivity contribution in [3.8, 4) is 0 Å². The molecule has 27 heavy (non-hydrogen) atoms. The van der Waals surface area contributed by atoms with Crippen molar-refractivity contribution in [1.82, 2.24) is 14.7 Å². The van der Waals surface area contributed by atoms with Crippen molar-refractivity contribution in [3.63, 3.8) is 0 Å². The van der Waals surface area contributed by atoms with E-state index in [1.165, 1.54) is 37.1 Å². The number of aryl methyl sites for hydroxylation is 1. The number of benzene rings is 1. The SMILES string of the molecule is Cc1nc(NCCNS(=O)(=O)Cc2ccc(F)cc2)cc(N2CCCC2)n1. The average Bonchev–Trinajstić information content (AvgIpc) is 3.15. The van der Waals surface area contributed by atoms with Crippen LogP contribution in [0.2, 0.25) is 0 Å². The fraction of sp³-hybridized carbons (Fsp3) is 0.444. The van der Waals surface area contributed by atoms with E-state index in [1.807, 2.05) is 13.0 Å². The molecule has 0 unspecified atom stereocenters. The van der Waals surface area contributed by atoms with Crippen LogP contribution < -0.4 is 14.9 Å². The van der Waals surface area contributed by atoms with Gasteiger partial charge in [-0.1, -0.05) is 12.1 Å². The predicted octanol–water partition coefficient (Wildman–Crippen LogP) is 2.06. The first-order valence-electron chi connectivity index (χ1n) is 8.97. The fourth-order valence-corrected chi connectivity index (χ4v) is 4.15. The van der Waals surface area contributed by atoms with Gasteiger partial charge in [0.05, 0.1) is 5.75 Å². The van der Waals surface area contributed by atoms with Crippen LogP contribution in [-0.2, 0) is 15.8 Å². The van der Waals surface area contributed by atoms with Crippen LogP contribution in [0.4, 0.5) is 16.0 Å². The molecular formula is C18H24FN5O2S. The molecule has 146 valence electrons. The van der Waals surface area contributed by atoms with Gasteiger partial charge >= 0.3 is 0 Å². The molecule has 9 heteroatoms. The Hall–Kier alpha value is -2.26. The van der Waals surface area contributed by atoms with Gasteiger partial charge in [0, 0.05) is 32.2 Å². The second-order valence-electron chi connectivity index (χ2n) is 6.56. The standard InChI is InChI=1S/C18H24FN5O2S/c1-14-22-17(12-18(23-14)24-10-2-3-11-24)20-8-9-21-27(25,26)13-15-4-6-16(19)7-5-15/h4-7,12,21H,2-3,8-11,13H2,1H3,(H,20,22,23). The molecule has 0 saturated carbocycles. The Morgan fingerprint density at radius 1 is 1.11 bits per heavy atom. The van der Waals surface area contributed by atoms with E-state index >= 15 is 0 Å². The third-order valence-electron chi connectivity index (χ3n) is 4.28. The summed E-state index contributed by atoms with van der Waals surface area (Å²) in [5.41, 5.74) is 0.540. The summed E-state index contributed by atoms with van der Waals surface area (Å²) in [5, 5.41) is 3.14. The monoisotopic (exact) mass is 393 g/mol. The molecule has 7 nitrogen and oxygen atoms in total. The van der Waals surface area contributed by atoms with Crippen LogP contribution in [0.3, 0.4) is 0 Å². The number of hydrogen-bond donors (Lipinski definition) is 2. The zero-order valence-electron chi connectivity index (χ0n) is 15.3. The van der Waals surface area contributed by atoms with Crippen molar-refractivity contribution in [2.45, 2.75) is 25.5 Å². The van der Waals surface area contributed by atoms with Crippen molar-refractivity contribution in [1.29, 1.82) is 0 Å². The Kier molecular flexibility index (Phi) is 6.22. The van der Waals surface area contributed by atoms with Gasteiger partial charge in [0.2, 0.25) is 10.0 Å². The number of nitrogens with zero attached hydrogens (tertiary/aromatic N) is 3. The van der Waals surface area contributed by atoms with Gasteiger partial charge < -0.3 is 10.2 Å². The molecule has 0 amide bonds. The van der Waals surface area contributed by atoms with Crippen LogP contribution in [0.5, 0.6) is 0 Å². The molecule has 2 N–H and O–H groups in total. The minimum atomic E-state index is -3.48. The first-order chi connectivity index (χ1) is 12.9. The van der Waals surface area contributed by atoms with Crippen LogP contribution >= 0.6 is 0 Å². The van der Waals surface area contributed by atoms with Gasteiger partial charge in [0.15, 0.2) is 0 Å². The van der Waals surface area contributed by atoms with Crippen LogP contribution in [0, 0.1) is 12.7 Å². The number of aromatic nitrogens is 2. The van der Waals surface area contributed by atoms with Gasteiger partial charge in [0.25, 0.3) is 0 Å². The number of anilines is 2. The molecule has 0 bridgehead atoms. The number of hydrogen-bond acceptors (Lipinski definition) is 6. The van der Waals surface area contributed by atoms with Crippen molar-refractivity contribution in [2.24, 2.45) is 0 Å². The molecule has 2 aromatic rings. The summed E-state index contributed by atoms with van der Waals surface area (Å²) in [6, 6.07) is 7.33. The summed E-state index contributed by atoms with van der Waals surface area (Å²) in [7, 11) is -3.48. The van der Waals surface area contributed by atoms with E-state index in [9.17, 15) is 12.8 Å². The Balaban J connectivity index is 1.50. The number of sulfonamides is 1. The van der Waals surface area contributed by atoms with Crippen molar-refractivity contribution < 1.29 is 12.8 Å². The van der Waals surface area contributed by atoms with E-state index in [0.717, 1.165) is 18.9 Å². The topological polar surface area (TPSA) is 87.2 Å². The third-order valence-corrected chi connectivity index (χ3v) is 5.63. The summed E-state index contributed by atoms with van der Waals surface area (Å²) < 4.78 is 39.7. The summed E-state index contributed by atoms with van der Waals surface area (Å²) in [4.78, 5) is 11.1. The van der Waals surface area contributed by atoms with E-state index in [0.29, 0.717) is 23.8 Å². The lowest BCUT2D eigenvalue weighted by Gasteiger charge is -2.17. The molecule has 1 aliphatic rings. The molecule has 2 heterocycles. The number of nitrogens with one attached hydrogen (secondary N) is 2. The number of halogens is 1. The van der Waals surface area contributed by atoms with Crippen LogP contribution in [0.15, 0.2) is 30.3 Å². The summed E-state index contributed by atoms with van der Waals surface area (Å²) >= 11 is 0. The van der Waals surface area contributed by atoms with E-state index in [2.05, 4.69) is 24.9 Å². The lowest BCUT2D eigenvalue weighted by molar-refractivity contribution is 0.581. The van der Waals surface area contributed by atoms with Crippen molar-refractivity contribution in [3.05, 3.63) is 47.5 Å². The molecule has 0 radical (unpaired) electrons. The van der Waals surface area contributed by atoms with Gasteiger partial charge in [-0.25, -0.2) is 27.5 Å². The maximum atomic E-state index is 12.9. The summed E-state index contributed by atoms with van der Waals surface area (Å²) in [5.74, 6) is 1.70. The van der Waals surface area contributed by atoms with E-state index in [-0.39, 0.29) is 18.1 Å². The van der Waals surface area contributed by atoms with Crippen LogP contribution in [-0.4, -0.2) is 44.6 Å². The Labute approximate surface area is 159 Å². The molecule has 1 aromatic heterocycles. The first kappa shape index (κ1) is 19.5. The highest BCUT2D eigenvalue weighted by Gasteiger charge is 2.15. The van der Waals surface area contributed by atoms with E-state index in [4.69, 9.17) is 0 Å². The number of rotatable bonds is 8. The predicted molar refractivity (Wildman–Crippen MR) is 104 cm³/mol. The highest BCUT2D eigenvalue weighted by Crippen LogP contribution is 2.20. The summed E-state index contributed by atoms with van der Waals surface area (Å²) in [6.45, 7) is 4.47. The van der Waals surface area contributed by atoms with Gasteiger partial charge in [-0.2, -0.15) is 0 Å². The molecule has 0 aliphatic carbocycles. The second-order valence-corrected chi connectivity index (χ2v) is 8.37. The van der Waals surface area contributed by atoms with E-state index < -0.39 is 10.0 Å². The lowest BCUT2D eigenvalue weighted by Crippen LogP contribution is -2.30. The third kappa shape index (κ3) is 5.86. The second kappa shape index (κ2) is 8.62. The Morgan fingerprint density at radius 3 is 2.52 bits per heavy atom. The highest BCUT2D eigenvalue weighted by molar-refractivity contribution is 7.88. The van der Waals surface area contributed by atoms with Gasteiger partial charge in [-0.05, 0) is 37.5 Å². The minimum Gasteiger partial charge on any atom is -0.369 e. The summed E-state index contributed by atoms with van der Waals surface area (Å²) in [6.07, 6.45) is 2.34. The molecule has 0 spiro atoms. The van der Waals surface area contributed by atoms with Gasteiger partial charge in [-0.15, -0.1) is 0 Å². The van der Waals surface area contributed by atoms with E-state index in [1.54, 1.807) is 0 Å². The first-order valence-corrected chi connectivity index (χ1v) is 10.6. The normalized spacial score (nSPS) is 14.5. The zero-order chi connectivity index (χ0) is 19.3. The quantitative estimate of drug-likeness (QED) is 0.668. The maximum Gasteiger partial charge on any atom is 0.215 e. The molecular weight excluding hydrogens is 369 g/mol. The zero-order valence-corrected chi connectivity index (χ0v) is 16.1. The van der Waals surface area contributed by atoms with Crippen molar-refractivity contribution >= 4 is 21.7 Å². The van der Waals surface area contributed by atoms with Gasteiger partial charge in [0.1, 0.15) is 23.3 Å². The molecule has 0 atom stereocenters. The minimum absolute atomic E-state index is 0.182.